The summed E-state index contributed by atoms with van der Waals surface area (Å²) >= 11 is 6.15. The van der Waals surface area contributed by atoms with E-state index in [1.807, 2.05) is 23.1 Å². The van der Waals surface area contributed by atoms with Gasteiger partial charge in [-0.15, -0.1) is 0 Å². The Morgan fingerprint density at radius 3 is 2.89 bits per heavy atom. The highest BCUT2D eigenvalue weighted by molar-refractivity contribution is 6.33. The molecule has 0 saturated carbocycles. The first-order valence-corrected chi connectivity index (χ1v) is 6.29. The van der Waals surface area contributed by atoms with Crippen molar-refractivity contribution >= 4 is 29.1 Å². The first kappa shape index (κ1) is 12.0. The molecule has 0 radical (unpaired) electrons. The molecule has 0 atom stereocenters. The van der Waals surface area contributed by atoms with Crippen molar-refractivity contribution < 1.29 is 9.90 Å². The minimum absolute atomic E-state index is 0.0984. The standard InChI is InChI=1S/C14H11ClN2O2/c15-11-7-10(14(18)19)8-16-13(11)17-6-5-9-3-1-2-4-12(9)17/h1-4,7-8H,5-6H2,(H,18,19). The third-order valence-electron chi connectivity index (χ3n) is 3.21. The Balaban J connectivity index is 2.03. The highest BCUT2D eigenvalue weighted by atomic mass is 35.5. The monoisotopic (exact) mass is 274 g/mol. The predicted octanol–water partition coefficient (Wildman–Crippen LogP) is 3.13. The van der Waals surface area contributed by atoms with Gasteiger partial charge in [0.25, 0.3) is 0 Å². The molecule has 4 nitrogen and oxygen atoms in total. The molecular formula is C14H11ClN2O2. The Morgan fingerprint density at radius 1 is 1.37 bits per heavy atom. The number of carbonyl (C=O) groups is 1. The number of anilines is 2. The lowest BCUT2D eigenvalue weighted by Crippen LogP contribution is -2.15. The lowest BCUT2D eigenvalue weighted by molar-refractivity contribution is 0.0696. The number of fused-ring (bicyclic) bond motifs is 1. The van der Waals surface area contributed by atoms with Crippen LogP contribution >= 0.6 is 11.6 Å². The van der Waals surface area contributed by atoms with Gasteiger partial charge in [0.1, 0.15) is 0 Å². The second kappa shape index (κ2) is 4.55. The van der Waals surface area contributed by atoms with Gasteiger partial charge in [0.2, 0.25) is 0 Å². The lowest BCUT2D eigenvalue weighted by atomic mass is 10.2. The van der Waals surface area contributed by atoms with Crippen molar-refractivity contribution in [1.82, 2.24) is 4.98 Å². The fourth-order valence-corrected chi connectivity index (χ4v) is 2.57. The van der Waals surface area contributed by atoms with E-state index < -0.39 is 5.97 Å². The second-order valence-corrected chi connectivity index (χ2v) is 4.77. The highest BCUT2D eigenvalue weighted by Gasteiger charge is 2.23. The van der Waals surface area contributed by atoms with E-state index in [2.05, 4.69) is 11.1 Å². The number of aromatic carboxylic acids is 1. The van der Waals surface area contributed by atoms with E-state index in [9.17, 15) is 4.79 Å². The quantitative estimate of drug-likeness (QED) is 0.914. The number of nitrogens with zero attached hydrogens (tertiary/aromatic N) is 2. The number of carboxylic acids is 1. The molecule has 1 aliphatic rings. The third-order valence-corrected chi connectivity index (χ3v) is 3.49. The van der Waals surface area contributed by atoms with Crippen LogP contribution in [0.5, 0.6) is 0 Å². The molecule has 1 aliphatic heterocycles. The van der Waals surface area contributed by atoms with E-state index in [0.29, 0.717) is 10.8 Å². The van der Waals surface area contributed by atoms with Crippen molar-refractivity contribution in [3.8, 4) is 0 Å². The molecule has 0 aliphatic carbocycles. The molecule has 96 valence electrons. The fourth-order valence-electron chi connectivity index (χ4n) is 2.30. The second-order valence-electron chi connectivity index (χ2n) is 4.36. The summed E-state index contributed by atoms with van der Waals surface area (Å²) in [7, 11) is 0. The van der Waals surface area contributed by atoms with E-state index >= 15 is 0 Å². The zero-order valence-corrected chi connectivity index (χ0v) is 10.8. The van der Waals surface area contributed by atoms with Crippen molar-refractivity contribution in [2.24, 2.45) is 0 Å². The summed E-state index contributed by atoms with van der Waals surface area (Å²) in [4.78, 5) is 17.1. The largest absolute Gasteiger partial charge is 0.478 e. The maximum Gasteiger partial charge on any atom is 0.337 e. The predicted molar refractivity (Wildman–Crippen MR) is 73.4 cm³/mol. The van der Waals surface area contributed by atoms with Gasteiger partial charge in [0.15, 0.2) is 5.82 Å². The van der Waals surface area contributed by atoms with Crippen LogP contribution in [0.4, 0.5) is 11.5 Å². The summed E-state index contributed by atoms with van der Waals surface area (Å²) < 4.78 is 0. The molecule has 1 aromatic carbocycles. The van der Waals surface area contributed by atoms with E-state index in [1.165, 1.54) is 17.8 Å². The van der Waals surface area contributed by atoms with Gasteiger partial charge in [-0.05, 0) is 24.1 Å². The number of aromatic nitrogens is 1. The SMILES string of the molecule is O=C(O)c1cnc(N2CCc3ccccc32)c(Cl)c1. The Kier molecular flexibility index (Phi) is 2.87. The van der Waals surface area contributed by atoms with Gasteiger partial charge in [0.05, 0.1) is 10.6 Å². The Morgan fingerprint density at radius 2 is 2.16 bits per heavy atom. The number of halogens is 1. The van der Waals surface area contributed by atoms with Crippen molar-refractivity contribution in [3.63, 3.8) is 0 Å². The van der Waals surface area contributed by atoms with Gasteiger partial charge < -0.3 is 10.0 Å². The van der Waals surface area contributed by atoms with Gasteiger partial charge in [-0.2, -0.15) is 0 Å². The number of carboxylic acid groups (broad SMARTS) is 1. The van der Waals surface area contributed by atoms with Crippen molar-refractivity contribution in [3.05, 3.63) is 52.7 Å². The summed E-state index contributed by atoms with van der Waals surface area (Å²) in [6.07, 6.45) is 2.28. The Bertz CT molecular complexity index is 658. The molecular weight excluding hydrogens is 264 g/mol. The molecule has 1 aromatic heterocycles. The molecule has 1 N–H and O–H groups in total. The summed E-state index contributed by atoms with van der Waals surface area (Å²) in [6.45, 7) is 0.804. The summed E-state index contributed by atoms with van der Waals surface area (Å²) in [5.41, 5.74) is 2.43. The molecule has 3 rings (SSSR count). The molecule has 2 heterocycles. The van der Waals surface area contributed by atoms with Gasteiger partial charge in [-0.1, -0.05) is 29.8 Å². The van der Waals surface area contributed by atoms with Crippen LogP contribution in [0, 0.1) is 0 Å². The first-order chi connectivity index (χ1) is 9.16. The zero-order chi connectivity index (χ0) is 13.4. The number of pyridine rings is 1. The zero-order valence-electron chi connectivity index (χ0n) is 10.0. The average Bonchev–Trinajstić information content (AvgIpc) is 2.82. The normalized spacial score (nSPS) is 13.4. The summed E-state index contributed by atoms with van der Waals surface area (Å²) in [5, 5.41) is 9.27. The molecule has 0 amide bonds. The smallest absolute Gasteiger partial charge is 0.337 e. The Hall–Kier alpha value is -2.07. The number of hydrogen-bond donors (Lipinski definition) is 1. The van der Waals surface area contributed by atoms with Gasteiger partial charge in [-0.3, -0.25) is 0 Å². The molecule has 0 fully saturated rings. The molecule has 0 bridgehead atoms. The number of para-hydroxylation sites is 1. The van der Waals surface area contributed by atoms with Crippen molar-refractivity contribution in [1.29, 1.82) is 0 Å². The minimum Gasteiger partial charge on any atom is -0.478 e. The highest BCUT2D eigenvalue weighted by Crippen LogP contribution is 2.36. The van der Waals surface area contributed by atoms with E-state index in [0.717, 1.165) is 18.7 Å². The van der Waals surface area contributed by atoms with Crippen LogP contribution < -0.4 is 4.90 Å². The number of hydrogen-bond acceptors (Lipinski definition) is 3. The van der Waals surface area contributed by atoms with Crippen LogP contribution in [0.15, 0.2) is 36.5 Å². The van der Waals surface area contributed by atoms with Gasteiger partial charge in [-0.25, -0.2) is 9.78 Å². The topological polar surface area (TPSA) is 53.4 Å². The number of benzene rings is 1. The fraction of sp³-hybridized carbons (Fsp3) is 0.143. The van der Waals surface area contributed by atoms with E-state index in [-0.39, 0.29) is 5.56 Å². The van der Waals surface area contributed by atoms with Crippen molar-refractivity contribution in [2.45, 2.75) is 6.42 Å². The average molecular weight is 275 g/mol. The lowest BCUT2D eigenvalue weighted by Gasteiger charge is -2.19. The van der Waals surface area contributed by atoms with Crippen LogP contribution in [0.1, 0.15) is 15.9 Å². The summed E-state index contributed by atoms with van der Waals surface area (Å²) in [5.74, 6) is -0.417. The maximum absolute atomic E-state index is 10.9. The van der Waals surface area contributed by atoms with Gasteiger partial charge in [0, 0.05) is 18.4 Å². The van der Waals surface area contributed by atoms with Gasteiger partial charge >= 0.3 is 5.97 Å². The van der Waals surface area contributed by atoms with Crippen LogP contribution in [-0.2, 0) is 6.42 Å². The molecule has 0 unspecified atom stereocenters. The molecule has 0 spiro atoms. The number of rotatable bonds is 2. The van der Waals surface area contributed by atoms with Crippen molar-refractivity contribution in [2.75, 3.05) is 11.4 Å². The van der Waals surface area contributed by atoms with Crippen LogP contribution in [0.3, 0.4) is 0 Å². The first-order valence-electron chi connectivity index (χ1n) is 5.91. The van der Waals surface area contributed by atoms with E-state index in [4.69, 9.17) is 16.7 Å². The molecule has 2 aromatic rings. The third kappa shape index (κ3) is 2.04. The minimum atomic E-state index is -1.03. The maximum atomic E-state index is 10.9. The molecule has 0 saturated heterocycles. The molecule has 5 heteroatoms. The van der Waals surface area contributed by atoms with Crippen LogP contribution in [0.2, 0.25) is 5.02 Å². The summed E-state index contributed by atoms with van der Waals surface area (Å²) in [6, 6.07) is 9.51. The van der Waals surface area contributed by atoms with E-state index in [1.54, 1.807) is 0 Å². The van der Waals surface area contributed by atoms with Crippen LogP contribution in [-0.4, -0.2) is 22.6 Å². The van der Waals surface area contributed by atoms with Crippen LogP contribution in [0.25, 0.3) is 0 Å². The Labute approximate surface area is 115 Å². The molecule has 19 heavy (non-hydrogen) atoms.